The van der Waals surface area contributed by atoms with Crippen molar-refractivity contribution in [3.63, 3.8) is 0 Å². The fourth-order valence-electron chi connectivity index (χ4n) is 2.27. The number of hydrogen-bond acceptors (Lipinski definition) is 4. The van der Waals surface area contributed by atoms with Gasteiger partial charge in [-0.2, -0.15) is 8.78 Å². The molecule has 6 nitrogen and oxygen atoms in total. The van der Waals surface area contributed by atoms with Crippen molar-refractivity contribution < 1.29 is 26.3 Å². The molecule has 0 aliphatic rings. The Balaban J connectivity index is 1.87. The Morgan fingerprint density at radius 2 is 2.08 bits per heavy atom. The molecule has 0 bridgehead atoms. The summed E-state index contributed by atoms with van der Waals surface area (Å²) in [6, 6.07) is 5.44. The van der Waals surface area contributed by atoms with Crippen LogP contribution in [0, 0.1) is 5.82 Å². The largest absolute Gasteiger partial charge is 0.360 e. The lowest BCUT2D eigenvalue weighted by Gasteiger charge is -2.09. The van der Waals surface area contributed by atoms with Crippen molar-refractivity contribution in [3.05, 3.63) is 53.1 Å². The first kappa shape index (κ1) is 18.5. The van der Waals surface area contributed by atoms with Gasteiger partial charge in [-0.15, -0.1) is 0 Å². The number of ether oxygens (including phenoxy) is 1. The minimum atomic E-state index is -4.15. The highest BCUT2D eigenvalue weighted by molar-refractivity contribution is 7.93. The summed E-state index contributed by atoms with van der Waals surface area (Å²) >= 11 is 5.85. The number of benzene rings is 1. The van der Waals surface area contributed by atoms with E-state index in [0.29, 0.717) is 15.9 Å². The second kappa shape index (κ2) is 7.14. The van der Waals surface area contributed by atoms with Gasteiger partial charge in [0, 0.05) is 28.3 Å². The first-order valence-electron chi connectivity index (χ1n) is 7.10. The van der Waals surface area contributed by atoms with Crippen LogP contribution in [-0.4, -0.2) is 25.0 Å². The van der Waals surface area contributed by atoms with E-state index in [9.17, 15) is 21.6 Å². The fraction of sp³-hybridized carbons (Fsp3) is 0.133. The van der Waals surface area contributed by atoms with Crippen LogP contribution in [0.2, 0.25) is 5.02 Å². The molecule has 2 aromatic heterocycles. The maximum atomic E-state index is 14.1. The maximum Gasteiger partial charge on any atom is 0.345 e. The number of H-pyrrole nitrogens is 1. The van der Waals surface area contributed by atoms with E-state index in [1.807, 2.05) is 4.72 Å². The van der Waals surface area contributed by atoms with Gasteiger partial charge in [-0.05, 0) is 29.8 Å². The summed E-state index contributed by atoms with van der Waals surface area (Å²) in [7, 11) is -4.15. The highest BCUT2D eigenvalue weighted by Crippen LogP contribution is 2.27. The van der Waals surface area contributed by atoms with E-state index in [1.54, 1.807) is 6.07 Å². The van der Waals surface area contributed by atoms with Crippen molar-refractivity contribution in [1.82, 2.24) is 9.97 Å². The van der Waals surface area contributed by atoms with Crippen LogP contribution in [0.3, 0.4) is 0 Å². The Kier molecular flexibility index (Phi) is 5.08. The van der Waals surface area contributed by atoms with Crippen LogP contribution in [-0.2, 0) is 21.4 Å². The number of sulfonamides is 1. The summed E-state index contributed by atoms with van der Waals surface area (Å²) in [6.07, 6.45) is 2.28. The molecular weight excluding hydrogens is 395 g/mol. The van der Waals surface area contributed by atoms with Gasteiger partial charge in [0.05, 0.1) is 6.61 Å². The van der Waals surface area contributed by atoms with Crippen LogP contribution in [0.15, 0.2) is 41.6 Å². The Labute approximate surface area is 151 Å². The smallest absolute Gasteiger partial charge is 0.345 e. The summed E-state index contributed by atoms with van der Waals surface area (Å²) in [5.41, 5.74) is 0.526. The highest BCUT2D eigenvalue weighted by atomic mass is 35.5. The molecule has 1 aromatic carbocycles. The van der Waals surface area contributed by atoms with Gasteiger partial charge >= 0.3 is 6.61 Å². The number of fused-ring (bicyclic) bond motifs is 1. The molecule has 138 valence electrons. The first-order valence-corrected chi connectivity index (χ1v) is 8.96. The molecule has 0 unspecified atom stereocenters. The van der Waals surface area contributed by atoms with Crippen molar-refractivity contribution >= 4 is 38.3 Å². The molecule has 11 heteroatoms. The number of nitrogens with one attached hydrogen (secondary N) is 2. The van der Waals surface area contributed by atoms with Crippen molar-refractivity contribution in [2.45, 2.75) is 18.1 Å². The molecule has 2 N–H and O–H groups in total. The van der Waals surface area contributed by atoms with Crippen LogP contribution >= 0.6 is 11.6 Å². The molecule has 0 spiro atoms. The Morgan fingerprint density at radius 1 is 1.31 bits per heavy atom. The lowest BCUT2D eigenvalue weighted by atomic mass is 10.2. The van der Waals surface area contributed by atoms with Gasteiger partial charge in [0.25, 0.3) is 10.0 Å². The average molecular weight is 406 g/mol. The van der Waals surface area contributed by atoms with E-state index in [4.69, 9.17) is 11.6 Å². The number of aromatic nitrogens is 2. The monoisotopic (exact) mass is 405 g/mol. The van der Waals surface area contributed by atoms with E-state index in [-0.39, 0.29) is 10.5 Å². The Hall–Kier alpha value is -2.30. The number of rotatable bonds is 6. The summed E-state index contributed by atoms with van der Waals surface area (Å²) in [5.74, 6) is -1.58. The van der Waals surface area contributed by atoms with Crippen molar-refractivity contribution in [2.75, 3.05) is 4.72 Å². The van der Waals surface area contributed by atoms with E-state index in [0.717, 1.165) is 12.3 Å². The van der Waals surface area contributed by atoms with Crippen molar-refractivity contribution in [3.8, 4) is 0 Å². The number of hydrogen-bond donors (Lipinski definition) is 2. The second-order valence-electron chi connectivity index (χ2n) is 5.19. The Morgan fingerprint density at radius 3 is 2.77 bits per heavy atom. The van der Waals surface area contributed by atoms with Crippen LogP contribution in [0.5, 0.6) is 0 Å². The third-order valence-electron chi connectivity index (χ3n) is 3.40. The predicted octanol–water partition coefficient (Wildman–Crippen LogP) is 3.90. The SMILES string of the molecule is O=S(=O)(Nc1ncc(COC(F)F)cc1F)c1c[nH]c2cc(Cl)ccc12. The molecule has 3 aromatic rings. The predicted molar refractivity (Wildman–Crippen MR) is 89.1 cm³/mol. The molecule has 0 saturated heterocycles. The van der Waals surface area contributed by atoms with E-state index in [1.165, 1.54) is 18.3 Å². The van der Waals surface area contributed by atoms with Crippen LogP contribution in [0.25, 0.3) is 10.9 Å². The molecule has 0 amide bonds. The molecule has 0 fully saturated rings. The molecule has 26 heavy (non-hydrogen) atoms. The van der Waals surface area contributed by atoms with E-state index >= 15 is 0 Å². The molecule has 0 atom stereocenters. The maximum absolute atomic E-state index is 14.1. The molecule has 0 radical (unpaired) electrons. The molecule has 0 saturated carbocycles. The van der Waals surface area contributed by atoms with Crippen LogP contribution < -0.4 is 4.72 Å². The fourth-order valence-corrected chi connectivity index (χ4v) is 3.64. The zero-order valence-corrected chi connectivity index (χ0v) is 14.4. The minimum absolute atomic E-state index is 0.0347. The van der Waals surface area contributed by atoms with Gasteiger partial charge in [0.1, 0.15) is 4.90 Å². The summed E-state index contributed by atoms with van der Waals surface area (Å²) in [5, 5.41) is 0.787. The zero-order chi connectivity index (χ0) is 18.9. The van der Waals surface area contributed by atoms with Gasteiger partial charge < -0.3 is 9.72 Å². The third kappa shape index (κ3) is 3.92. The molecule has 0 aliphatic heterocycles. The normalized spacial score (nSPS) is 12.0. The number of anilines is 1. The second-order valence-corrected chi connectivity index (χ2v) is 7.28. The average Bonchev–Trinajstić information content (AvgIpc) is 2.99. The highest BCUT2D eigenvalue weighted by Gasteiger charge is 2.21. The standard InChI is InChI=1S/C15H11ClF3N3O3S/c16-9-1-2-10-12(4-9)20-6-13(10)26(23,24)22-14-11(17)3-8(5-21-14)7-25-15(18)19/h1-6,15,20H,7H2,(H,21,22). The van der Waals surface area contributed by atoms with Gasteiger partial charge in [0.15, 0.2) is 11.6 Å². The van der Waals surface area contributed by atoms with Gasteiger partial charge in [-0.25, -0.2) is 17.8 Å². The molecule has 2 heterocycles. The van der Waals surface area contributed by atoms with Crippen LogP contribution in [0.4, 0.5) is 19.0 Å². The number of nitrogens with zero attached hydrogens (tertiary/aromatic N) is 1. The number of halogens is 4. The number of aromatic amines is 1. The quantitative estimate of drug-likeness (QED) is 0.651. The van der Waals surface area contributed by atoms with Crippen LogP contribution in [0.1, 0.15) is 5.56 Å². The van der Waals surface area contributed by atoms with Crippen molar-refractivity contribution in [2.24, 2.45) is 0 Å². The summed E-state index contributed by atoms with van der Waals surface area (Å²) in [6.45, 7) is -3.57. The number of pyridine rings is 1. The van der Waals surface area contributed by atoms with E-state index < -0.39 is 34.9 Å². The first-order chi connectivity index (χ1) is 12.3. The topological polar surface area (TPSA) is 84.1 Å². The Bertz CT molecular complexity index is 1060. The molecule has 0 aliphatic carbocycles. The van der Waals surface area contributed by atoms with Gasteiger partial charge in [-0.3, -0.25) is 4.72 Å². The van der Waals surface area contributed by atoms with Crippen molar-refractivity contribution in [1.29, 1.82) is 0 Å². The minimum Gasteiger partial charge on any atom is -0.360 e. The summed E-state index contributed by atoms with van der Waals surface area (Å²) in [4.78, 5) is 6.28. The van der Waals surface area contributed by atoms with E-state index in [2.05, 4.69) is 14.7 Å². The lowest BCUT2D eigenvalue weighted by molar-refractivity contribution is -0.137. The number of alkyl halides is 2. The zero-order valence-electron chi connectivity index (χ0n) is 12.8. The summed E-state index contributed by atoms with van der Waals surface area (Å²) < 4.78 is 69.2. The van der Waals surface area contributed by atoms with Gasteiger partial charge in [0.2, 0.25) is 0 Å². The lowest BCUT2D eigenvalue weighted by Crippen LogP contribution is -2.15. The van der Waals surface area contributed by atoms with Gasteiger partial charge in [-0.1, -0.05) is 11.6 Å². The molecular formula is C15H11ClF3N3O3S. The third-order valence-corrected chi connectivity index (χ3v) is 5.01. The molecule has 3 rings (SSSR count).